The van der Waals surface area contributed by atoms with E-state index in [9.17, 15) is 0 Å². The van der Waals surface area contributed by atoms with Crippen molar-refractivity contribution < 1.29 is 0 Å². The van der Waals surface area contributed by atoms with Crippen molar-refractivity contribution in [1.29, 1.82) is 0 Å². The minimum atomic E-state index is 0.632. The molecule has 0 heterocycles. The van der Waals surface area contributed by atoms with Gasteiger partial charge in [-0.15, -0.1) is 0 Å². The summed E-state index contributed by atoms with van der Waals surface area (Å²) in [5.74, 6) is 1.02. The average Bonchev–Trinajstić information content (AvgIpc) is 2.07. The highest BCUT2D eigenvalue weighted by atomic mass is 14.5. The summed E-state index contributed by atoms with van der Waals surface area (Å²) >= 11 is 0. The quantitative estimate of drug-likeness (QED) is 0.556. The van der Waals surface area contributed by atoms with E-state index in [1.54, 1.807) is 0 Å². The van der Waals surface area contributed by atoms with Crippen molar-refractivity contribution >= 4 is 0 Å². The molecular weight excluding hydrogens is 134 g/mol. The van der Waals surface area contributed by atoms with Gasteiger partial charge in [-0.3, -0.25) is 5.73 Å². The van der Waals surface area contributed by atoms with Gasteiger partial charge in [-0.05, 0) is 12.3 Å². The molecule has 1 N–H and O–H groups in total. The molecule has 1 heteroatoms. The molecule has 0 atom stereocenters. The lowest BCUT2D eigenvalue weighted by atomic mass is 9.86. The molecule has 0 aliphatic heterocycles. The van der Waals surface area contributed by atoms with E-state index < -0.39 is 0 Å². The summed E-state index contributed by atoms with van der Waals surface area (Å²) in [5.41, 5.74) is 7.02. The lowest BCUT2D eigenvalue weighted by molar-refractivity contribution is 0.330. The fourth-order valence-corrected chi connectivity index (χ4v) is 2.03. The Morgan fingerprint density at radius 3 is 2.36 bits per heavy atom. The molecule has 0 bridgehead atoms. The average molecular weight is 154 g/mol. The van der Waals surface area contributed by atoms with Crippen LogP contribution >= 0.6 is 0 Å². The van der Waals surface area contributed by atoms with Crippen LogP contribution in [0.2, 0.25) is 0 Å². The van der Waals surface area contributed by atoms with Crippen molar-refractivity contribution in [2.45, 2.75) is 51.4 Å². The van der Waals surface area contributed by atoms with Gasteiger partial charge in [0.2, 0.25) is 0 Å². The predicted octanol–water partition coefficient (Wildman–Crippen LogP) is 3.02. The van der Waals surface area contributed by atoms with Gasteiger partial charge in [0, 0.05) is 6.54 Å². The first-order valence-corrected chi connectivity index (χ1v) is 5.08. The zero-order valence-electron chi connectivity index (χ0n) is 7.44. The second-order valence-electron chi connectivity index (χ2n) is 3.75. The third-order valence-corrected chi connectivity index (χ3v) is 2.76. The summed E-state index contributed by atoms with van der Waals surface area (Å²) in [6.07, 6.45) is 11.2. The zero-order chi connectivity index (χ0) is 7.94. The largest absolute Gasteiger partial charge is 0.258 e. The maximum atomic E-state index is 7.02. The molecule has 1 rings (SSSR count). The van der Waals surface area contributed by atoms with Gasteiger partial charge in [-0.2, -0.15) is 0 Å². The number of hydrogen-bond acceptors (Lipinski definition) is 0. The summed E-state index contributed by atoms with van der Waals surface area (Å²) < 4.78 is 0. The van der Waals surface area contributed by atoms with Gasteiger partial charge in [0.25, 0.3) is 0 Å². The Bertz CT molecular complexity index is 84.9. The molecule has 1 aliphatic carbocycles. The molecular formula is C10H20N. The summed E-state index contributed by atoms with van der Waals surface area (Å²) in [5, 5.41) is 0. The Morgan fingerprint density at radius 2 is 1.73 bits per heavy atom. The van der Waals surface area contributed by atoms with E-state index in [-0.39, 0.29) is 0 Å². The molecule has 11 heavy (non-hydrogen) atoms. The van der Waals surface area contributed by atoms with Crippen molar-refractivity contribution in [2.75, 3.05) is 6.54 Å². The molecule has 1 fully saturated rings. The lowest BCUT2D eigenvalue weighted by Crippen LogP contribution is -2.06. The zero-order valence-corrected chi connectivity index (χ0v) is 7.44. The smallest absolute Gasteiger partial charge is 0.00997 e. The first-order valence-electron chi connectivity index (χ1n) is 5.08. The fraction of sp³-hybridized carbons (Fsp3) is 1.00. The molecule has 1 saturated carbocycles. The Morgan fingerprint density at radius 1 is 1.00 bits per heavy atom. The van der Waals surface area contributed by atoms with Gasteiger partial charge in [0.05, 0.1) is 0 Å². The normalized spacial score (nSPS) is 20.5. The highest BCUT2D eigenvalue weighted by Crippen LogP contribution is 2.27. The molecule has 1 nitrogen and oxygen atoms in total. The van der Waals surface area contributed by atoms with Gasteiger partial charge in [-0.25, -0.2) is 0 Å². The van der Waals surface area contributed by atoms with Crippen LogP contribution in [0.3, 0.4) is 0 Å². The van der Waals surface area contributed by atoms with Gasteiger partial charge in [0.1, 0.15) is 0 Å². The number of unbranched alkanes of at least 4 members (excludes halogenated alkanes) is 1. The molecule has 1 radical (unpaired) electrons. The van der Waals surface area contributed by atoms with Gasteiger partial charge in [0.15, 0.2) is 0 Å². The summed E-state index contributed by atoms with van der Waals surface area (Å²) in [4.78, 5) is 0. The molecule has 0 amide bonds. The molecule has 0 spiro atoms. The van der Waals surface area contributed by atoms with Crippen LogP contribution in [0.15, 0.2) is 0 Å². The second-order valence-corrected chi connectivity index (χ2v) is 3.75. The maximum Gasteiger partial charge on any atom is 0.00997 e. The Balaban J connectivity index is 1.96. The number of rotatable bonds is 4. The molecule has 0 saturated heterocycles. The van der Waals surface area contributed by atoms with Crippen LogP contribution in [-0.4, -0.2) is 6.54 Å². The third kappa shape index (κ3) is 3.76. The molecule has 0 aromatic rings. The Kier molecular flexibility index (Phi) is 4.60. The SMILES string of the molecule is [NH]CCCCC1CCCCC1. The summed E-state index contributed by atoms with van der Waals surface area (Å²) in [6.45, 7) is 0.632. The van der Waals surface area contributed by atoms with Crippen molar-refractivity contribution in [3.8, 4) is 0 Å². The van der Waals surface area contributed by atoms with Crippen molar-refractivity contribution in [1.82, 2.24) is 5.73 Å². The van der Waals surface area contributed by atoms with Crippen LogP contribution in [0.4, 0.5) is 0 Å². The molecule has 1 aliphatic rings. The summed E-state index contributed by atoms with van der Waals surface area (Å²) in [7, 11) is 0. The molecule has 0 unspecified atom stereocenters. The van der Waals surface area contributed by atoms with Crippen LogP contribution in [0, 0.1) is 5.92 Å². The highest BCUT2D eigenvalue weighted by Gasteiger charge is 2.11. The molecule has 65 valence electrons. The van der Waals surface area contributed by atoms with Gasteiger partial charge < -0.3 is 0 Å². The van der Waals surface area contributed by atoms with Crippen LogP contribution in [0.1, 0.15) is 51.4 Å². The Hall–Kier alpha value is -0.0400. The van der Waals surface area contributed by atoms with E-state index in [1.807, 2.05) is 0 Å². The summed E-state index contributed by atoms with van der Waals surface area (Å²) in [6, 6.07) is 0. The monoisotopic (exact) mass is 154 g/mol. The van der Waals surface area contributed by atoms with Crippen molar-refractivity contribution in [2.24, 2.45) is 5.92 Å². The lowest BCUT2D eigenvalue weighted by Gasteiger charge is -2.20. The highest BCUT2D eigenvalue weighted by molar-refractivity contribution is 4.65. The van der Waals surface area contributed by atoms with E-state index in [4.69, 9.17) is 5.73 Å². The van der Waals surface area contributed by atoms with E-state index in [0.717, 1.165) is 12.3 Å². The van der Waals surface area contributed by atoms with Crippen LogP contribution < -0.4 is 5.73 Å². The number of nitrogens with one attached hydrogen (secondary N) is 1. The van der Waals surface area contributed by atoms with Crippen LogP contribution in [0.5, 0.6) is 0 Å². The Labute approximate surface area is 70.4 Å². The second kappa shape index (κ2) is 5.59. The molecule has 0 aromatic carbocycles. The molecule has 0 aromatic heterocycles. The third-order valence-electron chi connectivity index (χ3n) is 2.76. The minimum absolute atomic E-state index is 0.632. The van der Waals surface area contributed by atoms with Crippen molar-refractivity contribution in [3.05, 3.63) is 0 Å². The van der Waals surface area contributed by atoms with E-state index in [1.165, 1.54) is 44.9 Å². The predicted molar refractivity (Wildman–Crippen MR) is 48.4 cm³/mol. The standard InChI is InChI=1S/C10H20N/c11-9-5-4-8-10-6-2-1-3-7-10/h10-11H,1-9H2. The maximum absolute atomic E-state index is 7.02. The van der Waals surface area contributed by atoms with E-state index in [0.29, 0.717) is 6.54 Å². The first-order chi connectivity index (χ1) is 5.43. The van der Waals surface area contributed by atoms with Gasteiger partial charge >= 0.3 is 0 Å². The topological polar surface area (TPSA) is 23.8 Å². The fourth-order valence-electron chi connectivity index (χ4n) is 2.03. The van der Waals surface area contributed by atoms with Crippen LogP contribution in [-0.2, 0) is 0 Å². The van der Waals surface area contributed by atoms with Crippen molar-refractivity contribution in [3.63, 3.8) is 0 Å². The first kappa shape index (κ1) is 9.05. The van der Waals surface area contributed by atoms with Crippen LogP contribution in [0.25, 0.3) is 0 Å². The van der Waals surface area contributed by atoms with E-state index >= 15 is 0 Å². The van der Waals surface area contributed by atoms with Gasteiger partial charge in [-0.1, -0.05) is 44.9 Å². The minimum Gasteiger partial charge on any atom is -0.258 e. The number of hydrogen-bond donors (Lipinski definition) is 0. The van der Waals surface area contributed by atoms with E-state index in [2.05, 4.69) is 0 Å².